The lowest BCUT2D eigenvalue weighted by molar-refractivity contribution is -0.112. The first-order valence-corrected chi connectivity index (χ1v) is 5.97. The normalized spacial score (nSPS) is 14.4. The summed E-state index contributed by atoms with van der Waals surface area (Å²) in [5.74, 6) is -0.0313. The summed E-state index contributed by atoms with van der Waals surface area (Å²) < 4.78 is 0. The molecule has 0 radical (unpaired) electrons. The molecule has 0 fully saturated rings. The average molecular weight is 267 g/mol. The van der Waals surface area contributed by atoms with Crippen LogP contribution in [-0.4, -0.2) is 12.5 Å². The van der Waals surface area contributed by atoms with E-state index in [1.165, 1.54) is 11.1 Å². The van der Waals surface area contributed by atoms with Crippen molar-refractivity contribution in [2.45, 2.75) is 26.8 Å². The van der Waals surface area contributed by atoms with Gasteiger partial charge in [-0.2, -0.15) is 0 Å². The number of anilines is 1. The summed E-state index contributed by atoms with van der Waals surface area (Å²) in [7, 11) is 0. The minimum atomic E-state index is -0.0313. The molecule has 0 saturated heterocycles. The van der Waals surface area contributed by atoms with Crippen LogP contribution in [0.25, 0.3) is 0 Å². The molecule has 0 aliphatic carbocycles. The Kier molecular flexibility index (Phi) is 5.38. The Morgan fingerprint density at radius 3 is 2.89 bits per heavy atom. The number of allylic oxidation sites excluding steroid dienone is 1. The van der Waals surface area contributed by atoms with Gasteiger partial charge >= 0.3 is 0 Å². The number of amides is 1. The molecule has 98 valence electrons. The molecule has 2 N–H and O–H groups in total. The highest BCUT2D eigenvalue weighted by molar-refractivity contribution is 6.03. The summed E-state index contributed by atoms with van der Waals surface area (Å²) in [6, 6.07) is 6.14. The third-order valence-electron chi connectivity index (χ3n) is 3.14. The van der Waals surface area contributed by atoms with Crippen LogP contribution < -0.4 is 10.6 Å². The number of halogens is 1. The van der Waals surface area contributed by atoms with Gasteiger partial charge in [0, 0.05) is 17.8 Å². The molecule has 2 rings (SSSR count). The van der Waals surface area contributed by atoms with Crippen LogP contribution in [0.15, 0.2) is 29.8 Å². The fourth-order valence-corrected chi connectivity index (χ4v) is 1.92. The van der Waals surface area contributed by atoms with E-state index < -0.39 is 0 Å². The molecule has 1 heterocycles. The van der Waals surface area contributed by atoms with E-state index in [0.717, 1.165) is 30.8 Å². The minimum absolute atomic E-state index is 0. The minimum Gasteiger partial charge on any atom is -0.322 e. The third kappa shape index (κ3) is 3.34. The average Bonchev–Trinajstić information content (AvgIpc) is 2.37. The Labute approximate surface area is 114 Å². The quantitative estimate of drug-likeness (QED) is 0.808. The zero-order valence-corrected chi connectivity index (χ0v) is 11.6. The number of hydrogen-bond acceptors (Lipinski definition) is 2. The standard InChI is InChI=1S/C14H18N2O.ClH/c1-3-10(2)14(17)16-13-5-4-11-6-7-15-9-12(11)8-13;/h3-5,8,15H,6-7,9H2,1-2H3,(H,16,17);1H. The van der Waals surface area contributed by atoms with E-state index in [4.69, 9.17) is 0 Å². The van der Waals surface area contributed by atoms with Gasteiger partial charge < -0.3 is 10.6 Å². The highest BCUT2D eigenvalue weighted by atomic mass is 35.5. The van der Waals surface area contributed by atoms with Gasteiger partial charge in [-0.1, -0.05) is 12.1 Å². The molecule has 1 aliphatic heterocycles. The number of carbonyl (C=O) groups is 1. The van der Waals surface area contributed by atoms with E-state index in [2.05, 4.69) is 22.8 Å². The molecule has 4 heteroatoms. The van der Waals surface area contributed by atoms with E-state index in [1.807, 2.05) is 26.0 Å². The molecule has 0 spiro atoms. The van der Waals surface area contributed by atoms with Crippen molar-refractivity contribution in [2.24, 2.45) is 0 Å². The summed E-state index contributed by atoms with van der Waals surface area (Å²) in [5.41, 5.74) is 4.27. The second-order valence-electron chi connectivity index (χ2n) is 4.34. The lowest BCUT2D eigenvalue weighted by Gasteiger charge is -2.18. The van der Waals surface area contributed by atoms with E-state index in [0.29, 0.717) is 0 Å². The summed E-state index contributed by atoms with van der Waals surface area (Å²) in [6.45, 7) is 5.61. The predicted molar refractivity (Wildman–Crippen MR) is 77.2 cm³/mol. The van der Waals surface area contributed by atoms with Crippen LogP contribution in [0.2, 0.25) is 0 Å². The van der Waals surface area contributed by atoms with Gasteiger partial charge in [-0.05, 0) is 50.1 Å². The van der Waals surface area contributed by atoms with Crippen molar-refractivity contribution in [1.82, 2.24) is 5.32 Å². The van der Waals surface area contributed by atoms with E-state index >= 15 is 0 Å². The van der Waals surface area contributed by atoms with E-state index in [-0.39, 0.29) is 18.3 Å². The summed E-state index contributed by atoms with van der Waals surface area (Å²) in [6.07, 6.45) is 2.88. The van der Waals surface area contributed by atoms with Gasteiger partial charge in [0.15, 0.2) is 0 Å². The molecule has 0 unspecified atom stereocenters. The highest BCUT2D eigenvalue weighted by Crippen LogP contribution is 2.19. The second-order valence-corrected chi connectivity index (χ2v) is 4.34. The van der Waals surface area contributed by atoms with Crippen molar-refractivity contribution in [1.29, 1.82) is 0 Å². The van der Waals surface area contributed by atoms with E-state index in [9.17, 15) is 4.79 Å². The number of hydrogen-bond donors (Lipinski definition) is 2. The molecule has 3 nitrogen and oxygen atoms in total. The van der Waals surface area contributed by atoms with Crippen LogP contribution in [0.5, 0.6) is 0 Å². The smallest absolute Gasteiger partial charge is 0.250 e. The molecule has 0 bridgehead atoms. The number of carbonyl (C=O) groups excluding carboxylic acids is 1. The molecule has 1 aromatic carbocycles. The molecular formula is C14H19ClN2O. The lowest BCUT2D eigenvalue weighted by Crippen LogP contribution is -2.23. The number of fused-ring (bicyclic) bond motifs is 1. The van der Waals surface area contributed by atoms with Gasteiger partial charge in [-0.3, -0.25) is 4.79 Å². The van der Waals surface area contributed by atoms with Crippen molar-refractivity contribution in [3.63, 3.8) is 0 Å². The van der Waals surface area contributed by atoms with Crippen molar-refractivity contribution in [3.8, 4) is 0 Å². The van der Waals surface area contributed by atoms with E-state index in [1.54, 1.807) is 0 Å². The number of rotatable bonds is 2. The van der Waals surface area contributed by atoms with Gasteiger partial charge in [0.2, 0.25) is 0 Å². The first-order valence-electron chi connectivity index (χ1n) is 5.97. The summed E-state index contributed by atoms with van der Waals surface area (Å²) in [4.78, 5) is 11.7. The van der Waals surface area contributed by atoms with Crippen molar-refractivity contribution >= 4 is 24.0 Å². The van der Waals surface area contributed by atoms with Crippen LogP contribution in [0.4, 0.5) is 5.69 Å². The first kappa shape index (κ1) is 14.7. The van der Waals surface area contributed by atoms with Gasteiger partial charge in [-0.25, -0.2) is 0 Å². The monoisotopic (exact) mass is 266 g/mol. The predicted octanol–water partition coefficient (Wildman–Crippen LogP) is 2.66. The van der Waals surface area contributed by atoms with Gasteiger partial charge in [-0.15, -0.1) is 12.4 Å². The van der Waals surface area contributed by atoms with Crippen LogP contribution in [-0.2, 0) is 17.8 Å². The lowest BCUT2D eigenvalue weighted by atomic mass is 10.0. The van der Waals surface area contributed by atoms with Crippen LogP contribution in [0, 0.1) is 0 Å². The highest BCUT2D eigenvalue weighted by Gasteiger charge is 2.10. The fourth-order valence-electron chi connectivity index (χ4n) is 1.92. The molecule has 0 aromatic heterocycles. The Balaban J connectivity index is 0.00000162. The Hall–Kier alpha value is -1.32. The maximum Gasteiger partial charge on any atom is 0.250 e. The van der Waals surface area contributed by atoms with Gasteiger partial charge in [0.25, 0.3) is 5.91 Å². The largest absolute Gasteiger partial charge is 0.322 e. The Bertz CT molecular complexity index is 469. The summed E-state index contributed by atoms with van der Waals surface area (Å²) >= 11 is 0. The van der Waals surface area contributed by atoms with Crippen LogP contribution >= 0.6 is 12.4 Å². The molecular weight excluding hydrogens is 248 g/mol. The zero-order valence-electron chi connectivity index (χ0n) is 10.7. The molecule has 1 aromatic rings. The van der Waals surface area contributed by atoms with Gasteiger partial charge in [0.05, 0.1) is 0 Å². The SMILES string of the molecule is CC=C(C)C(=O)Nc1ccc2c(c1)CNCC2.Cl. The van der Waals surface area contributed by atoms with Crippen LogP contribution in [0.1, 0.15) is 25.0 Å². The molecule has 0 atom stereocenters. The fraction of sp³-hybridized carbons (Fsp3) is 0.357. The maximum absolute atomic E-state index is 11.7. The topological polar surface area (TPSA) is 41.1 Å². The maximum atomic E-state index is 11.7. The molecule has 1 aliphatic rings. The van der Waals surface area contributed by atoms with Crippen molar-refractivity contribution in [2.75, 3.05) is 11.9 Å². The number of benzene rings is 1. The Morgan fingerprint density at radius 2 is 2.17 bits per heavy atom. The van der Waals surface area contributed by atoms with Crippen LogP contribution in [0.3, 0.4) is 0 Å². The number of nitrogens with one attached hydrogen (secondary N) is 2. The second kappa shape index (κ2) is 6.57. The first-order chi connectivity index (χ1) is 8.20. The van der Waals surface area contributed by atoms with Crippen molar-refractivity contribution in [3.05, 3.63) is 41.0 Å². The zero-order chi connectivity index (χ0) is 12.3. The van der Waals surface area contributed by atoms with Gasteiger partial charge in [0.1, 0.15) is 0 Å². The summed E-state index contributed by atoms with van der Waals surface area (Å²) in [5, 5.41) is 6.24. The Morgan fingerprint density at radius 1 is 1.39 bits per heavy atom. The molecule has 1 amide bonds. The third-order valence-corrected chi connectivity index (χ3v) is 3.14. The van der Waals surface area contributed by atoms with Crippen molar-refractivity contribution < 1.29 is 4.79 Å². The molecule has 18 heavy (non-hydrogen) atoms. The molecule has 0 saturated carbocycles.